The molecule has 0 aromatic heterocycles. The van der Waals surface area contributed by atoms with E-state index < -0.39 is 0 Å². The lowest BCUT2D eigenvalue weighted by Gasteiger charge is -2.19. The largest absolute Gasteiger partial charge is 0.454 e. The monoisotopic (exact) mass is 408 g/mol. The summed E-state index contributed by atoms with van der Waals surface area (Å²) in [6.45, 7) is 1.85. The second kappa shape index (κ2) is 8.65. The van der Waals surface area contributed by atoms with Gasteiger partial charge in [0.05, 0.1) is 0 Å². The van der Waals surface area contributed by atoms with Crippen LogP contribution >= 0.6 is 0 Å². The Bertz CT molecular complexity index is 953. The van der Waals surface area contributed by atoms with Crippen LogP contribution in [0, 0.1) is 0 Å². The van der Waals surface area contributed by atoms with Gasteiger partial charge in [0.1, 0.15) is 0 Å². The zero-order chi connectivity index (χ0) is 21.0. The molecule has 0 spiro atoms. The molecule has 1 aliphatic heterocycles. The van der Waals surface area contributed by atoms with E-state index in [0.717, 1.165) is 55.4 Å². The highest BCUT2D eigenvalue weighted by Gasteiger charge is 2.44. The quantitative estimate of drug-likeness (QED) is 0.483. The molecule has 2 aliphatic rings. The van der Waals surface area contributed by atoms with Gasteiger partial charge in [0.2, 0.25) is 6.79 Å². The molecular weight excluding hydrogens is 380 g/mol. The number of fused-ring (bicyclic) bond motifs is 1. The minimum Gasteiger partial charge on any atom is -0.454 e. The highest BCUT2D eigenvalue weighted by molar-refractivity contribution is 5.94. The van der Waals surface area contributed by atoms with Crippen LogP contribution in [0.3, 0.4) is 0 Å². The fourth-order valence-electron chi connectivity index (χ4n) is 3.76. The molecule has 2 aromatic rings. The Morgan fingerprint density at radius 1 is 1.10 bits per heavy atom. The summed E-state index contributed by atoms with van der Waals surface area (Å²) >= 11 is 0. The number of carbonyl (C=O) groups excluding carboxylic acids is 1. The highest BCUT2D eigenvalue weighted by atomic mass is 16.7. The Morgan fingerprint density at radius 2 is 1.93 bits per heavy atom. The number of hydrogen-bond donors (Lipinski definition) is 3. The Balaban J connectivity index is 1.29. The molecule has 0 unspecified atom stereocenters. The van der Waals surface area contributed by atoms with Crippen molar-refractivity contribution in [1.82, 2.24) is 16.0 Å². The van der Waals surface area contributed by atoms with E-state index in [2.05, 4.69) is 33.1 Å². The van der Waals surface area contributed by atoms with Gasteiger partial charge in [-0.2, -0.15) is 0 Å². The second-order valence-electron chi connectivity index (χ2n) is 7.73. The van der Waals surface area contributed by atoms with Crippen molar-refractivity contribution in [3.63, 3.8) is 0 Å². The standard InChI is InChI=1S/C23H28N4O3/c1-24-21(28)17-5-3-4-16(12-17)8-11-26-22(25-2)27-14-23(9-10-23)18-6-7-19-20(13-18)30-15-29-19/h3-7,12-13H,8-11,14-15H2,1-2H3,(H,24,28)(H2,25,26,27). The zero-order valence-corrected chi connectivity index (χ0v) is 17.5. The molecule has 30 heavy (non-hydrogen) atoms. The average molecular weight is 409 g/mol. The summed E-state index contributed by atoms with van der Waals surface area (Å²) in [4.78, 5) is 16.1. The summed E-state index contributed by atoms with van der Waals surface area (Å²) in [5.74, 6) is 2.37. The van der Waals surface area contributed by atoms with Crippen LogP contribution < -0.4 is 25.4 Å². The van der Waals surface area contributed by atoms with E-state index in [1.165, 1.54) is 5.56 Å². The van der Waals surface area contributed by atoms with Crippen LogP contribution in [0.4, 0.5) is 0 Å². The predicted molar refractivity (Wildman–Crippen MR) is 116 cm³/mol. The number of nitrogens with zero attached hydrogens (tertiary/aromatic N) is 1. The van der Waals surface area contributed by atoms with Crippen LogP contribution in [-0.4, -0.2) is 45.8 Å². The van der Waals surface area contributed by atoms with Crippen LogP contribution in [0.5, 0.6) is 11.5 Å². The van der Waals surface area contributed by atoms with Gasteiger partial charge < -0.3 is 25.4 Å². The summed E-state index contributed by atoms with van der Waals surface area (Å²) < 4.78 is 11.0. The molecule has 1 aliphatic carbocycles. The molecule has 7 nitrogen and oxygen atoms in total. The molecule has 7 heteroatoms. The van der Waals surface area contributed by atoms with Gasteiger partial charge in [0.25, 0.3) is 5.91 Å². The number of rotatable bonds is 7. The number of ether oxygens (including phenoxy) is 2. The maximum absolute atomic E-state index is 11.8. The number of nitrogens with one attached hydrogen (secondary N) is 3. The van der Waals surface area contributed by atoms with E-state index in [1.54, 1.807) is 14.1 Å². The average Bonchev–Trinajstić information content (AvgIpc) is 3.43. The molecular formula is C23H28N4O3. The molecule has 1 amide bonds. The molecule has 0 radical (unpaired) electrons. The first kappa shape index (κ1) is 20.1. The molecule has 158 valence electrons. The lowest BCUT2D eigenvalue weighted by Crippen LogP contribution is -2.42. The summed E-state index contributed by atoms with van der Waals surface area (Å²) in [5.41, 5.74) is 3.19. The number of amides is 1. The Hall–Kier alpha value is -3.22. The molecule has 0 atom stereocenters. The lowest BCUT2D eigenvalue weighted by molar-refractivity contribution is 0.0963. The Kier molecular flexibility index (Phi) is 5.79. The van der Waals surface area contributed by atoms with Crippen molar-refractivity contribution < 1.29 is 14.3 Å². The van der Waals surface area contributed by atoms with Crippen molar-refractivity contribution in [3.8, 4) is 11.5 Å². The van der Waals surface area contributed by atoms with Gasteiger partial charge in [-0.25, -0.2) is 0 Å². The Labute approximate surface area is 176 Å². The van der Waals surface area contributed by atoms with Crippen molar-refractivity contribution in [2.75, 3.05) is 34.0 Å². The minimum atomic E-state index is -0.0689. The van der Waals surface area contributed by atoms with E-state index in [4.69, 9.17) is 9.47 Å². The van der Waals surface area contributed by atoms with Gasteiger partial charge in [-0.3, -0.25) is 9.79 Å². The summed E-state index contributed by atoms with van der Waals surface area (Å²) in [6.07, 6.45) is 3.09. The summed E-state index contributed by atoms with van der Waals surface area (Å²) in [6, 6.07) is 13.9. The third-order valence-electron chi connectivity index (χ3n) is 5.78. The molecule has 1 saturated carbocycles. The van der Waals surface area contributed by atoms with E-state index in [1.807, 2.05) is 30.3 Å². The SMILES string of the molecule is CN=C(NCCc1cccc(C(=O)NC)c1)NCC1(c2ccc3c(c2)OCO3)CC1. The van der Waals surface area contributed by atoms with Gasteiger partial charge >= 0.3 is 0 Å². The molecule has 1 fully saturated rings. The van der Waals surface area contributed by atoms with Gasteiger partial charge in [-0.1, -0.05) is 18.2 Å². The maximum atomic E-state index is 11.8. The molecule has 0 saturated heterocycles. The predicted octanol–water partition coefficient (Wildman–Crippen LogP) is 2.21. The fraction of sp³-hybridized carbons (Fsp3) is 0.391. The van der Waals surface area contributed by atoms with Gasteiger partial charge in [0, 0.05) is 38.2 Å². The number of carbonyl (C=O) groups is 1. The lowest BCUT2D eigenvalue weighted by atomic mass is 9.95. The fourth-order valence-corrected chi connectivity index (χ4v) is 3.76. The van der Waals surface area contributed by atoms with Crippen LogP contribution in [0.1, 0.15) is 34.3 Å². The number of hydrogen-bond acceptors (Lipinski definition) is 4. The maximum Gasteiger partial charge on any atom is 0.251 e. The first-order valence-corrected chi connectivity index (χ1v) is 10.3. The van der Waals surface area contributed by atoms with Gasteiger partial charge in [-0.15, -0.1) is 0 Å². The second-order valence-corrected chi connectivity index (χ2v) is 7.73. The van der Waals surface area contributed by atoms with Crippen LogP contribution in [0.15, 0.2) is 47.5 Å². The zero-order valence-electron chi connectivity index (χ0n) is 17.5. The van der Waals surface area contributed by atoms with Crippen molar-refractivity contribution in [2.45, 2.75) is 24.7 Å². The van der Waals surface area contributed by atoms with Gasteiger partial charge in [-0.05, 0) is 54.7 Å². The molecule has 2 aromatic carbocycles. The van der Waals surface area contributed by atoms with Crippen LogP contribution in [-0.2, 0) is 11.8 Å². The number of aliphatic imine (C=N–C) groups is 1. The van der Waals surface area contributed by atoms with Crippen molar-refractivity contribution in [3.05, 3.63) is 59.2 Å². The number of benzene rings is 2. The first-order chi connectivity index (χ1) is 14.6. The smallest absolute Gasteiger partial charge is 0.251 e. The van der Waals surface area contributed by atoms with Crippen molar-refractivity contribution in [1.29, 1.82) is 0 Å². The van der Waals surface area contributed by atoms with E-state index in [-0.39, 0.29) is 11.3 Å². The van der Waals surface area contributed by atoms with Crippen LogP contribution in [0.25, 0.3) is 0 Å². The first-order valence-electron chi connectivity index (χ1n) is 10.3. The third kappa shape index (κ3) is 4.35. The molecule has 0 bridgehead atoms. The highest BCUT2D eigenvalue weighted by Crippen LogP contribution is 2.49. The van der Waals surface area contributed by atoms with Crippen molar-refractivity contribution >= 4 is 11.9 Å². The van der Waals surface area contributed by atoms with Crippen molar-refractivity contribution in [2.24, 2.45) is 4.99 Å². The van der Waals surface area contributed by atoms with E-state index in [9.17, 15) is 4.79 Å². The third-order valence-corrected chi connectivity index (χ3v) is 5.78. The van der Waals surface area contributed by atoms with Crippen LogP contribution in [0.2, 0.25) is 0 Å². The summed E-state index contributed by atoms with van der Waals surface area (Å²) in [7, 11) is 3.42. The topological polar surface area (TPSA) is 84.0 Å². The molecule has 4 rings (SSSR count). The Morgan fingerprint density at radius 3 is 2.70 bits per heavy atom. The molecule has 3 N–H and O–H groups in total. The normalized spacial score (nSPS) is 16.1. The van der Waals surface area contributed by atoms with E-state index in [0.29, 0.717) is 12.4 Å². The van der Waals surface area contributed by atoms with Gasteiger partial charge in [0.15, 0.2) is 17.5 Å². The number of guanidine groups is 1. The molecule has 1 heterocycles. The minimum absolute atomic E-state index is 0.0689. The van der Waals surface area contributed by atoms with E-state index >= 15 is 0 Å². The summed E-state index contributed by atoms with van der Waals surface area (Å²) in [5, 5.41) is 9.49.